The minimum atomic E-state index is -4.70. The molecule has 7 rings (SSSR count). The number of methoxy groups -OCH3 is 2. The Kier molecular flexibility index (Phi) is 16.5. The third kappa shape index (κ3) is 11.9. The number of benzene rings is 4. The van der Waals surface area contributed by atoms with E-state index in [0.29, 0.717) is 48.9 Å². The van der Waals surface area contributed by atoms with Gasteiger partial charge in [-0.3, -0.25) is 9.11 Å². The lowest BCUT2D eigenvalue weighted by atomic mass is 10.2. The fourth-order valence-electron chi connectivity index (χ4n) is 7.37. The highest BCUT2D eigenvalue weighted by Crippen LogP contribution is 2.42. The van der Waals surface area contributed by atoms with E-state index in [4.69, 9.17) is 24.4 Å². The van der Waals surface area contributed by atoms with E-state index >= 15 is 0 Å². The summed E-state index contributed by atoms with van der Waals surface area (Å²) in [5.41, 5.74) is 3.53. The molecule has 0 atom stereocenters. The average molecular weight is 1050 g/mol. The van der Waals surface area contributed by atoms with Crippen LogP contribution in [0.3, 0.4) is 0 Å². The summed E-state index contributed by atoms with van der Waals surface area (Å²) in [7, 11) is -6.83. The Bertz CT molecular complexity index is 3120. The van der Waals surface area contributed by atoms with Gasteiger partial charge in [0.05, 0.1) is 59.2 Å². The van der Waals surface area contributed by atoms with E-state index in [-0.39, 0.29) is 86.3 Å². The Labute approximate surface area is 416 Å². The second-order valence-electron chi connectivity index (χ2n) is 14.9. The Hall–Kier alpha value is -6.79. The molecule has 0 aliphatic carbocycles. The van der Waals surface area contributed by atoms with E-state index in [1.807, 2.05) is 52.0 Å². The lowest BCUT2D eigenvalue weighted by Crippen LogP contribution is -2.31. The van der Waals surface area contributed by atoms with Gasteiger partial charge in [0.25, 0.3) is 20.2 Å². The number of ether oxygens (including phenoxy) is 2. The Morgan fingerprint density at radius 1 is 0.563 bits per heavy atom. The lowest BCUT2D eigenvalue weighted by molar-refractivity contribution is 0.280. The van der Waals surface area contributed by atoms with Crippen molar-refractivity contribution in [1.29, 1.82) is 0 Å². The standard InChI is InChI=1S/C43H50N14O10S4/c1-7-55(8-2)25-11-13-27(51-53-42-46-29-15-17-33(66-5)37(35(29)68-42)70(60,61)62)31(23-25)44-39-48-40(50-41(49-39)57(19-21-58)20-22-59)45-32-24-26(56(9-3)10-4)12-14-28(32)52-54-43-47-30-16-18-34(67-6)38(36(30)69-43)71(63,64)65/h11-18,23-24,58-59H,7-10,19-22H2,1-6H3,(H,60,61,62)(H,63,64,65)(H2,44,45,48,49,50)/b53-51+,54-52+. The maximum Gasteiger partial charge on any atom is 0.299 e. The summed E-state index contributed by atoms with van der Waals surface area (Å²) < 4.78 is 80.3. The number of fused-ring (bicyclic) bond motifs is 2. The van der Waals surface area contributed by atoms with Crippen molar-refractivity contribution >= 4 is 126 Å². The van der Waals surface area contributed by atoms with E-state index in [2.05, 4.69) is 50.9 Å². The van der Waals surface area contributed by atoms with E-state index in [9.17, 15) is 36.2 Å². The van der Waals surface area contributed by atoms with Gasteiger partial charge >= 0.3 is 0 Å². The molecule has 6 N–H and O–H groups in total. The van der Waals surface area contributed by atoms with Gasteiger partial charge in [0.1, 0.15) is 22.9 Å². The SMILES string of the molecule is CCN(CC)c1ccc(/N=N/c2nc3ccc(OC)c(S(=O)(=O)O)c3s2)c(Nc2nc(Nc3cc(N(CC)CC)ccc3/N=N/c3nc4ccc(OC)c(S(=O)(=O)O)c4s3)nc(N(CCO)CCO)n2)c1. The molecule has 3 aromatic heterocycles. The Morgan fingerprint density at radius 2 is 0.972 bits per heavy atom. The number of thiazole rings is 2. The predicted octanol–water partition coefficient (Wildman–Crippen LogP) is 8.40. The minimum absolute atomic E-state index is 0.0130. The van der Waals surface area contributed by atoms with Crippen LogP contribution in [0.4, 0.5) is 62.2 Å². The molecule has 0 fully saturated rings. The summed E-state index contributed by atoms with van der Waals surface area (Å²) in [6, 6.07) is 16.7. The zero-order valence-corrected chi connectivity index (χ0v) is 42.4. The number of hydrogen-bond donors (Lipinski definition) is 6. The molecule has 0 saturated heterocycles. The number of rotatable bonds is 23. The topological polar surface area (TPSA) is 315 Å². The van der Waals surface area contributed by atoms with Crippen LogP contribution in [0.25, 0.3) is 20.4 Å². The van der Waals surface area contributed by atoms with Crippen molar-refractivity contribution in [1.82, 2.24) is 24.9 Å². The molecule has 4 aromatic carbocycles. The number of hydrogen-bond acceptors (Lipinski definition) is 24. The van der Waals surface area contributed by atoms with Crippen LogP contribution in [0.15, 0.2) is 90.9 Å². The number of aliphatic hydroxyl groups excluding tert-OH is 2. The molecule has 376 valence electrons. The molecule has 0 saturated carbocycles. The van der Waals surface area contributed by atoms with E-state index in [0.717, 1.165) is 34.0 Å². The van der Waals surface area contributed by atoms with Crippen LogP contribution in [-0.4, -0.2) is 128 Å². The molecule has 71 heavy (non-hydrogen) atoms. The van der Waals surface area contributed by atoms with Crippen molar-refractivity contribution in [3.8, 4) is 11.5 Å². The first-order chi connectivity index (χ1) is 34.0. The Balaban J connectivity index is 1.32. The Morgan fingerprint density at radius 3 is 1.32 bits per heavy atom. The molecule has 3 heterocycles. The van der Waals surface area contributed by atoms with Gasteiger partial charge < -0.3 is 45.0 Å². The number of nitrogens with one attached hydrogen (secondary N) is 2. The van der Waals surface area contributed by atoms with Gasteiger partial charge in [0.2, 0.25) is 28.1 Å². The second kappa shape index (κ2) is 22.5. The van der Waals surface area contributed by atoms with Gasteiger partial charge in [-0.2, -0.15) is 31.8 Å². The lowest BCUT2D eigenvalue weighted by Gasteiger charge is -2.24. The van der Waals surface area contributed by atoms with Crippen molar-refractivity contribution < 1.29 is 45.6 Å². The highest BCUT2D eigenvalue weighted by atomic mass is 32.2. The van der Waals surface area contributed by atoms with Crippen molar-refractivity contribution in [2.75, 3.05) is 92.0 Å². The van der Waals surface area contributed by atoms with Crippen LogP contribution in [0.1, 0.15) is 27.7 Å². The van der Waals surface area contributed by atoms with Gasteiger partial charge in [0, 0.05) is 50.6 Å². The first-order valence-electron chi connectivity index (χ1n) is 21.8. The van der Waals surface area contributed by atoms with Gasteiger partial charge in [0.15, 0.2) is 9.79 Å². The maximum atomic E-state index is 12.4. The van der Waals surface area contributed by atoms with Gasteiger partial charge in [-0.05, 0) is 88.4 Å². The van der Waals surface area contributed by atoms with Crippen molar-refractivity contribution in [2.45, 2.75) is 37.5 Å². The van der Waals surface area contributed by atoms with Crippen LogP contribution in [0, 0.1) is 0 Å². The van der Waals surface area contributed by atoms with Crippen LogP contribution in [0.2, 0.25) is 0 Å². The fourth-order valence-corrected chi connectivity index (χ4v) is 11.4. The summed E-state index contributed by atoms with van der Waals surface area (Å²) >= 11 is 1.78. The summed E-state index contributed by atoms with van der Waals surface area (Å²) in [6.07, 6.45) is 0. The number of aliphatic hydroxyl groups is 2. The second-order valence-corrected chi connectivity index (χ2v) is 19.6. The normalized spacial score (nSPS) is 12.1. The van der Waals surface area contributed by atoms with Crippen molar-refractivity contribution in [3.63, 3.8) is 0 Å². The molecule has 24 nitrogen and oxygen atoms in total. The molecule has 0 unspecified atom stereocenters. The number of nitrogens with zero attached hydrogens (tertiary/aromatic N) is 12. The average Bonchev–Trinajstić information content (AvgIpc) is 3.96. The van der Waals surface area contributed by atoms with Crippen molar-refractivity contribution in [2.24, 2.45) is 20.5 Å². The third-order valence-corrected chi connectivity index (χ3v) is 14.8. The van der Waals surface area contributed by atoms with E-state index in [1.165, 1.54) is 26.4 Å². The third-order valence-electron chi connectivity index (χ3n) is 10.7. The molecule has 0 radical (unpaired) electrons. The number of anilines is 7. The van der Waals surface area contributed by atoms with Gasteiger partial charge in [-0.25, -0.2) is 9.97 Å². The zero-order valence-electron chi connectivity index (χ0n) is 39.2. The smallest absolute Gasteiger partial charge is 0.299 e. The quantitative estimate of drug-likeness (QED) is 0.0259. The molecule has 0 spiro atoms. The summed E-state index contributed by atoms with van der Waals surface area (Å²) in [4.78, 5) is 27.9. The number of aromatic nitrogens is 5. The van der Waals surface area contributed by atoms with Crippen molar-refractivity contribution in [3.05, 3.63) is 60.7 Å². The molecular weight excluding hydrogens is 1000 g/mol. The zero-order chi connectivity index (χ0) is 51.0. The van der Waals surface area contributed by atoms with Crippen LogP contribution in [0.5, 0.6) is 11.5 Å². The van der Waals surface area contributed by atoms with E-state index in [1.54, 1.807) is 29.2 Å². The summed E-state index contributed by atoms with van der Waals surface area (Å²) in [6.45, 7) is 10.3. The predicted molar refractivity (Wildman–Crippen MR) is 273 cm³/mol. The van der Waals surface area contributed by atoms with E-state index < -0.39 is 30.0 Å². The summed E-state index contributed by atoms with van der Waals surface area (Å²) in [5, 5.41) is 44.5. The molecule has 0 aliphatic heterocycles. The highest BCUT2D eigenvalue weighted by molar-refractivity contribution is 7.86. The first-order valence-corrected chi connectivity index (χ1v) is 26.4. The fraction of sp³-hybridized carbons (Fsp3) is 0.326. The van der Waals surface area contributed by atoms with Crippen LogP contribution < -0.4 is 34.8 Å². The maximum absolute atomic E-state index is 12.4. The summed E-state index contributed by atoms with van der Waals surface area (Å²) in [5.74, 6) is -0.0122. The minimum Gasteiger partial charge on any atom is -0.495 e. The molecular formula is C43H50N14O10S4. The van der Waals surface area contributed by atoms with Gasteiger partial charge in [-0.1, -0.05) is 22.7 Å². The monoisotopic (exact) mass is 1050 g/mol. The van der Waals surface area contributed by atoms with Gasteiger partial charge in [-0.15, -0.1) is 20.5 Å². The first kappa shape index (κ1) is 52.0. The molecule has 7 aromatic rings. The molecule has 28 heteroatoms. The number of azo groups is 2. The highest BCUT2D eigenvalue weighted by Gasteiger charge is 2.25. The molecule has 0 amide bonds. The molecule has 0 aliphatic rings. The molecule has 0 bridgehead atoms. The van der Waals surface area contributed by atoms with Crippen LogP contribution >= 0.6 is 22.7 Å². The largest absolute Gasteiger partial charge is 0.495 e. The van der Waals surface area contributed by atoms with Crippen LogP contribution in [-0.2, 0) is 20.2 Å².